The molecule has 0 aliphatic rings. The SMILES string of the molecule is CC(=O)O[Si](CC(=O)O)(OC(C)=O)c1ccccc1. The van der Waals surface area contributed by atoms with E-state index in [-0.39, 0.29) is 0 Å². The zero-order valence-corrected chi connectivity index (χ0v) is 11.6. The van der Waals surface area contributed by atoms with Crippen molar-refractivity contribution < 1.29 is 28.3 Å². The van der Waals surface area contributed by atoms with Crippen molar-refractivity contribution >= 4 is 31.7 Å². The fourth-order valence-corrected chi connectivity index (χ4v) is 4.32. The third kappa shape index (κ3) is 4.22. The Kier molecular flexibility index (Phi) is 4.82. The first-order valence-electron chi connectivity index (χ1n) is 5.52. The third-order valence-electron chi connectivity index (χ3n) is 2.21. The molecular formula is C12H14O6Si. The van der Waals surface area contributed by atoms with Crippen molar-refractivity contribution in [2.45, 2.75) is 19.9 Å². The summed E-state index contributed by atoms with van der Waals surface area (Å²) in [5.74, 6) is -2.56. The highest BCUT2D eigenvalue weighted by atomic mass is 28.4. The van der Waals surface area contributed by atoms with Gasteiger partial charge in [0.1, 0.15) is 6.04 Å². The summed E-state index contributed by atoms with van der Waals surface area (Å²) in [6, 6.07) is 7.68. The lowest BCUT2D eigenvalue weighted by Crippen LogP contribution is -2.56. The molecule has 1 aromatic rings. The summed E-state index contributed by atoms with van der Waals surface area (Å²) in [6.07, 6.45) is 0. The molecule has 1 rings (SSSR count). The van der Waals surface area contributed by atoms with Gasteiger partial charge in [-0.05, 0) is 0 Å². The first-order chi connectivity index (χ1) is 8.85. The molecule has 0 unspecified atom stereocenters. The average molecular weight is 282 g/mol. The number of hydrogen-bond acceptors (Lipinski definition) is 5. The van der Waals surface area contributed by atoms with Crippen LogP contribution in [0.4, 0.5) is 0 Å². The van der Waals surface area contributed by atoms with Gasteiger partial charge in [0.25, 0.3) is 11.9 Å². The van der Waals surface area contributed by atoms with E-state index in [2.05, 4.69) is 0 Å². The van der Waals surface area contributed by atoms with Crippen LogP contribution in [-0.2, 0) is 23.2 Å². The van der Waals surface area contributed by atoms with Crippen LogP contribution in [0.15, 0.2) is 30.3 Å². The van der Waals surface area contributed by atoms with Crippen molar-refractivity contribution in [2.24, 2.45) is 0 Å². The van der Waals surface area contributed by atoms with Gasteiger partial charge in [-0.25, -0.2) is 0 Å². The first kappa shape index (κ1) is 14.9. The van der Waals surface area contributed by atoms with Crippen molar-refractivity contribution in [3.8, 4) is 0 Å². The topological polar surface area (TPSA) is 89.9 Å². The molecule has 0 saturated carbocycles. The molecule has 0 spiro atoms. The van der Waals surface area contributed by atoms with Crippen LogP contribution in [-0.4, -0.2) is 31.6 Å². The van der Waals surface area contributed by atoms with Gasteiger partial charge in [-0.15, -0.1) is 0 Å². The minimum atomic E-state index is -3.66. The van der Waals surface area contributed by atoms with E-state index in [1.54, 1.807) is 30.3 Å². The molecule has 0 radical (unpaired) electrons. The molecule has 7 heteroatoms. The van der Waals surface area contributed by atoms with Gasteiger partial charge in [0.15, 0.2) is 0 Å². The fourth-order valence-electron chi connectivity index (χ4n) is 1.67. The molecule has 0 aromatic heterocycles. The van der Waals surface area contributed by atoms with Crippen molar-refractivity contribution in [1.82, 2.24) is 0 Å². The molecule has 0 amide bonds. The third-order valence-corrected chi connectivity index (χ3v) is 5.43. The highest BCUT2D eigenvalue weighted by Crippen LogP contribution is 2.15. The quantitative estimate of drug-likeness (QED) is 0.793. The minimum Gasteiger partial charge on any atom is -0.482 e. The number of carboxylic acid groups (broad SMARTS) is 1. The van der Waals surface area contributed by atoms with Crippen LogP contribution in [0.1, 0.15) is 13.8 Å². The van der Waals surface area contributed by atoms with Crippen LogP contribution >= 0.6 is 0 Å². The van der Waals surface area contributed by atoms with Crippen molar-refractivity contribution in [1.29, 1.82) is 0 Å². The number of aliphatic carboxylic acids is 1. The second-order valence-electron chi connectivity index (χ2n) is 3.88. The Morgan fingerprint density at radius 2 is 1.53 bits per heavy atom. The van der Waals surface area contributed by atoms with Crippen LogP contribution in [0, 0.1) is 0 Å². The van der Waals surface area contributed by atoms with E-state index in [1.165, 1.54) is 0 Å². The summed E-state index contributed by atoms with van der Waals surface area (Å²) in [5.41, 5.74) is 0. The maximum Gasteiger partial charge on any atom is 0.510 e. The van der Waals surface area contributed by atoms with Gasteiger partial charge in [0, 0.05) is 19.0 Å². The van der Waals surface area contributed by atoms with E-state index in [1.807, 2.05) is 0 Å². The van der Waals surface area contributed by atoms with E-state index in [0.717, 1.165) is 13.8 Å². The van der Waals surface area contributed by atoms with Crippen molar-refractivity contribution in [2.75, 3.05) is 0 Å². The largest absolute Gasteiger partial charge is 0.510 e. The molecule has 1 N–H and O–H groups in total. The van der Waals surface area contributed by atoms with Crippen LogP contribution in [0.25, 0.3) is 0 Å². The molecule has 0 aliphatic heterocycles. The van der Waals surface area contributed by atoms with E-state index in [9.17, 15) is 14.4 Å². The summed E-state index contributed by atoms with van der Waals surface area (Å²) in [6.45, 7) is 2.30. The molecular weight excluding hydrogens is 268 g/mol. The van der Waals surface area contributed by atoms with Gasteiger partial charge < -0.3 is 14.0 Å². The Labute approximate surface area is 111 Å². The predicted molar refractivity (Wildman–Crippen MR) is 67.8 cm³/mol. The molecule has 1 aromatic carbocycles. The number of rotatable bonds is 5. The summed E-state index contributed by atoms with van der Waals surface area (Å²) in [4.78, 5) is 33.5. The summed E-state index contributed by atoms with van der Waals surface area (Å²) in [5, 5.41) is 9.41. The molecule has 0 heterocycles. The average Bonchev–Trinajstić information content (AvgIpc) is 2.27. The highest BCUT2D eigenvalue weighted by Gasteiger charge is 2.48. The lowest BCUT2D eigenvalue weighted by Gasteiger charge is -2.27. The summed E-state index contributed by atoms with van der Waals surface area (Å²) >= 11 is 0. The van der Waals surface area contributed by atoms with Crippen molar-refractivity contribution in [3.05, 3.63) is 30.3 Å². The van der Waals surface area contributed by atoms with E-state index < -0.39 is 32.5 Å². The highest BCUT2D eigenvalue weighted by molar-refractivity contribution is 6.85. The van der Waals surface area contributed by atoms with Crippen LogP contribution in [0.5, 0.6) is 0 Å². The van der Waals surface area contributed by atoms with E-state index in [4.69, 9.17) is 14.0 Å². The molecule has 0 aliphatic carbocycles. The minimum absolute atomic E-state index is 0.419. The number of carbonyl (C=O) groups excluding carboxylic acids is 2. The lowest BCUT2D eigenvalue weighted by molar-refractivity contribution is -0.139. The number of hydrogen-bond donors (Lipinski definition) is 1. The van der Waals surface area contributed by atoms with Crippen LogP contribution in [0.3, 0.4) is 0 Å². The Balaban J connectivity index is 3.28. The zero-order chi connectivity index (χ0) is 14.5. The van der Waals surface area contributed by atoms with Crippen LogP contribution in [0.2, 0.25) is 6.04 Å². The van der Waals surface area contributed by atoms with Gasteiger partial charge in [-0.3, -0.25) is 14.4 Å². The van der Waals surface area contributed by atoms with E-state index >= 15 is 0 Å². The smallest absolute Gasteiger partial charge is 0.482 e. The second-order valence-corrected chi connectivity index (χ2v) is 6.72. The molecule has 0 atom stereocenters. The van der Waals surface area contributed by atoms with Crippen molar-refractivity contribution in [3.63, 3.8) is 0 Å². The Bertz CT molecular complexity index is 443. The number of benzene rings is 1. The number of carboxylic acids is 1. The summed E-state index contributed by atoms with van der Waals surface area (Å²) < 4.78 is 10.2. The Morgan fingerprint density at radius 1 is 1.05 bits per heavy atom. The predicted octanol–water partition coefficient (Wildman–Crippen LogP) is 0.547. The molecule has 19 heavy (non-hydrogen) atoms. The van der Waals surface area contributed by atoms with Gasteiger partial charge in [0.2, 0.25) is 0 Å². The number of carbonyl (C=O) groups is 3. The van der Waals surface area contributed by atoms with Crippen LogP contribution < -0.4 is 5.19 Å². The van der Waals surface area contributed by atoms with Gasteiger partial charge in [-0.2, -0.15) is 0 Å². The molecule has 0 saturated heterocycles. The normalized spacial score (nSPS) is 10.6. The molecule has 0 bridgehead atoms. The first-order valence-corrected chi connectivity index (χ1v) is 7.54. The molecule has 102 valence electrons. The standard InChI is InChI=1S/C12H14O6Si/c1-9(13)17-19(8-12(15)16,18-10(2)14)11-6-4-3-5-7-11/h3-7H,8H2,1-2H3,(H,15,16). The molecule has 0 fully saturated rings. The lowest BCUT2D eigenvalue weighted by atomic mass is 10.4. The van der Waals surface area contributed by atoms with Gasteiger partial charge >= 0.3 is 14.5 Å². The Hall–Kier alpha value is -2.15. The van der Waals surface area contributed by atoms with E-state index in [0.29, 0.717) is 5.19 Å². The van der Waals surface area contributed by atoms with Gasteiger partial charge in [0.05, 0.1) is 0 Å². The monoisotopic (exact) mass is 282 g/mol. The van der Waals surface area contributed by atoms with Gasteiger partial charge in [-0.1, -0.05) is 30.3 Å². The summed E-state index contributed by atoms with van der Waals surface area (Å²) in [7, 11) is -3.66. The maximum absolute atomic E-state index is 11.2. The fraction of sp³-hybridized carbons (Fsp3) is 0.250. The maximum atomic E-state index is 11.2. The molecule has 6 nitrogen and oxygen atoms in total. The Morgan fingerprint density at radius 3 is 1.89 bits per heavy atom. The zero-order valence-electron chi connectivity index (χ0n) is 10.6. The second kappa shape index (κ2) is 6.14.